The van der Waals surface area contributed by atoms with Crippen molar-refractivity contribution in [3.8, 4) is 11.6 Å². The molecule has 0 radical (unpaired) electrons. The van der Waals surface area contributed by atoms with Gasteiger partial charge in [0.2, 0.25) is 5.88 Å². The lowest BCUT2D eigenvalue weighted by molar-refractivity contribution is 0.415. The number of fused-ring (bicyclic) bond motifs is 1. The molecule has 1 aromatic heterocycles. The smallest absolute Gasteiger partial charge is 0.210 e. The molecular weight excluding hydrogens is 292 g/mol. The molecular formula is C14H12N2O2S2. The highest BCUT2D eigenvalue weighted by Crippen LogP contribution is 2.37. The van der Waals surface area contributed by atoms with Crippen LogP contribution in [0.1, 0.15) is 10.4 Å². The number of aromatic hydroxyl groups is 1. The average Bonchev–Trinajstić information content (AvgIpc) is 2.96. The minimum Gasteiger partial charge on any atom is -0.497 e. The van der Waals surface area contributed by atoms with Crippen molar-refractivity contribution in [2.75, 3.05) is 7.11 Å². The number of rotatable bonds is 2. The first-order valence-electron chi connectivity index (χ1n) is 5.93. The van der Waals surface area contributed by atoms with E-state index in [9.17, 15) is 5.11 Å². The molecule has 0 bridgehead atoms. The SMILES string of the molecule is COc1ccc2c(c1)N=CC2=Cc1sc(=S)n(C)c1O. The lowest BCUT2D eigenvalue weighted by atomic mass is 10.1. The monoisotopic (exact) mass is 304 g/mol. The van der Waals surface area contributed by atoms with Crippen molar-refractivity contribution >= 4 is 47.1 Å². The van der Waals surface area contributed by atoms with Gasteiger partial charge in [-0.05, 0) is 30.4 Å². The molecule has 6 heteroatoms. The lowest BCUT2D eigenvalue weighted by Gasteiger charge is -2.03. The van der Waals surface area contributed by atoms with Gasteiger partial charge in [0.1, 0.15) is 5.75 Å². The Bertz CT molecular complexity index is 800. The molecule has 1 N–H and O–H groups in total. The molecule has 2 heterocycles. The fourth-order valence-corrected chi connectivity index (χ4v) is 3.19. The van der Waals surface area contributed by atoms with Crippen molar-refractivity contribution in [2.24, 2.45) is 12.0 Å². The van der Waals surface area contributed by atoms with E-state index in [1.54, 1.807) is 24.9 Å². The van der Waals surface area contributed by atoms with Gasteiger partial charge < -0.3 is 9.84 Å². The maximum atomic E-state index is 10.0. The summed E-state index contributed by atoms with van der Waals surface area (Å²) in [6.07, 6.45) is 3.68. The highest BCUT2D eigenvalue weighted by molar-refractivity contribution is 7.73. The van der Waals surface area contributed by atoms with Gasteiger partial charge in [-0.25, -0.2) is 0 Å². The standard InChI is InChI=1S/C14H12N2O2S2/c1-16-13(17)12(20-14(16)19)5-8-7-15-11-6-9(18-2)3-4-10(8)11/h3-7,17H,1-2H3. The van der Waals surface area contributed by atoms with Crippen LogP contribution in [0.4, 0.5) is 5.69 Å². The largest absolute Gasteiger partial charge is 0.497 e. The number of aromatic nitrogens is 1. The van der Waals surface area contributed by atoms with Gasteiger partial charge in [0, 0.05) is 30.5 Å². The van der Waals surface area contributed by atoms with Crippen LogP contribution in [-0.2, 0) is 7.05 Å². The van der Waals surface area contributed by atoms with Crippen molar-refractivity contribution < 1.29 is 9.84 Å². The summed E-state index contributed by atoms with van der Waals surface area (Å²) in [6.45, 7) is 0. The van der Waals surface area contributed by atoms with Gasteiger partial charge in [0.15, 0.2) is 3.95 Å². The number of benzene rings is 1. The summed E-state index contributed by atoms with van der Waals surface area (Å²) in [5.74, 6) is 0.961. The molecule has 0 saturated carbocycles. The number of allylic oxidation sites excluding steroid dienone is 1. The zero-order valence-electron chi connectivity index (χ0n) is 11.0. The van der Waals surface area contributed by atoms with E-state index in [0.29, 0.717) is 3.95 Å². The van der Waals surface area contributed by atoms with E-state index >= 15 is 0 Å². The van der Waals surface area contributed by atoms with Gasteiger partial charge in [-0.1, -0.05) is 0 Å². The van der Waals surface area contributed by atoms with E-state index in [2.05, 4.69) is 4.99 Å². The summed E-state index contributed by atoms with van der Waals surface area (Å²) in [5, 5.41) is 10.0. The Hall–Kier alpha value is -1.92. The van der Waals surface area contributed by atoms with Crippen LogP contribution in [0.15, 0.2) is 23.2 Å². The molecule has 0 unspecified atom stereocenters. The Morgan fingerprint density at radius 1 is 1.45 bits per heavy atom. The topological polar surface area (TPSA) is 46.8 Å². The van der Waals surface area contributed by atoms with Crippen LogP contribution in [-0.4, -0.2) is 23.0 Å². The second-order valence-corrected chi connectivity index (χ2v) is 6.03. The molecule has 0 spiro atoms. The first kappa shape index (κ1) is 13.1. The van der Waals surface area contributed by atoms with Crippen LogP contribution in [0.25, 0.3) is 11.6 Å². The normalized spacial score (nSPS) is 14.8. The summed E-state index contributed by atoms with van der Waals surface area (Å²) in [6, 6.07) is 5.75. The maximum Gasteiger partial charge on any atom is 0.210 e. The van der Waals surface area contributed by atoms with Gasteiger partial charge in [-0.2, -0.15) is 0 Å². The average molecular weight is 304 g/mol. The van der Waals surface area contributed by atoms with Crippen LogP contribution in [0.5, 0.6) is 11.6 Å². The molecule has 0 amide bonds. The molecule has 2 aromatic rings. The number of hydrogen-bond acceptors (Lipinski definition) is 5. The molecule has 4 nitrogen and oxygen atoms in total. The molecule has 0 atom stereocenters. The third-order valence-corrected chi connectivity index (χ3v) is 4.65. The molecule has 3 rings (SSSR count). The highest BCUT2D eigenvalue weighted by Gasteiger charge is 2.15. The quantitative estimate of drug-likeness (QED) is 0.859. The van der Waals surface area contributed by atoms with Gasteiger partial charge in [-0.3, -0.25) is 9.56 Å². The van der Waals surface area contributed by atoms with E-state index in [-0.39, 0.29) is 5.88 Å². The third kappa shape index (κ3) is 2.07. The highest BCUT2D eigenvalue weighted by atomic mass is 32.1. The van der Waals surface area contributed by atoms with E-state index in [1.807, 2.05) is 24.3 Å². The minimum atomic E-state index is 0.183. The Morgan fingerprint density at radius 2 is 2.25 bits per heavy atom. The molecule has 1 aliphatic rings. The number of thiazole rings is 1. The van der Waals surface area contributed by atoms with Crippen LogP contribution < -0.4 is 4.74 Å². The molecule has 0 aliphatic carbocycles. The maximum absolute atomic E-state index is 10.0. The molecule has 0 saturated heterocycles. The number of methoxy groups -OCH3 is 1. The summed E-state index contributed by atoms with van der Waals surface area (Å²) >= 11 is 6.53. The van der Waals surface area contributed by atoms with E-state index in [0.717, 1.165) is 27.5 Å². The van der Waals surface area contributed by atoms with E-state index in [1.165, 1.54) is 11.3 Å². The summed E-state index contributed by atoms with van der Waals surface area (Å²) in [7, 11) is 3.38. The Kier molecular flexibility index (Phi) is 3.19. The Labute approximate surface area is 125 Å². The molecule has 20 heavy (non-hydrogen) atoms. The van der Waals surface area contributed by atoms with Gasteiger partial charge >= 0.3 is 0 Å². The fraction of sp³-hybridized carbons (Fsp3) is 0.143. The number of ether oxygens (including phenoxy) is 1. The Morgan fingerprint density at radius 3 is 2.90 bits per heavy atom. The van der Waals surface area contributed by atoms with Crippen molar-refractivity contribution in [2.45, 2.75) is 0 Å². The van der Waals surface area contributed by atoms with Crippen LogP contribution >= 0.6 is 23.6 Å². The zero-order chi connectivity index (χ0) is 14.3. The zero-order valence-corrected chi connectivity index (χ0v) is 12.6. The predicted octanol–water partition coefficient (Wildman–Crippen LogP) is 3.79. The lowest BCUT2D eigenvalue weighted by Crippen LogP contribution is -1.86. The third-order valence-electron chi connectivity index (χ3n) is 3.15. The summed E-state index contributed by atoms with van der Waals surface area (Å²) in [5.41, 5.74) is 2.84. The fourth-order valence-electron chi connectivity index (χ4n) is 2.01. The van der Waals surface area contributed by atoms with Crippen LogP contribution in [0, 0.1) is 3.95 Å². The summed E-state index contributed by atoms with van der Waals surface area (Å²) < 4.78 is 7.41. The van der Waals surface area contributed by atoms with Gasteiger partial charge in [0.05, 0.1) is 17.7 Å². The first-order chi connectivity index (χ1) is 9.60. The number of hydrogen-bond donors (Lipinski definition) is 1. The van der Waals surface area contributed by atoms with Crippen molar-refractivity contribution in [1.82, 2.24) is 4.57 Å². The number of nitrogens with zero attached hydrogens (tertiary/aromatic N) is 2. The second kappa shape index (κ2) is 4.88. The predicted molar refractivity (Wildman–Crippen MR) is 84.8 cm³/mol. The molecule has 102 valence electrons. The molecule has 1 aromatic carbocycles. The Balaban J connectivity index is 2.07. The van der Waals surface area contributed by atoms with E-state index in [4.69, 9.17) is 17.0 Å². The summed E-state index contributed by atoms with van der Waals surface area (Å²) in [4.78, 5) is 5.10. The van der Waals surface area contributed by atoms with Gasteiger partial charge in [0.25, 0.3) is 0 Å². The van der Waals surface area contributed by atoms with Crippen LogP contribution in [0.3, 0.4) is 0 Å². The van der Waals surface area contributed by atoms with Crippen LogP contribution in [0.2, 0.25) is 0 Å². The van der Waals surface area contributed by atoms with E-state index < -0.39 is 0 Å². The molecule has 1 aliphatic heterocycles. The first-order valence-corrected chi connectivity index (χ1v) is 7.15. The second-order valence-electron chi connectivity index (χ2n) is 4.36. The minimum absolute atomic E-state index is 0.183. The van der Waals surface area contributed by atoms with Crippen molar-refractivity contribution in [1.29, 1.82) is 0 Å². The van der Waals surface area contributed by atoms with Crippen molar-refractivity contribution in [3.63, 3.8) is 0 Å². The van der Waals surface area contributed by atoms with Crippen molar-refractivity contribution in [3.05, 3.63) is 32.6 Å². The number of aliphatic imine (C=N–C) groups is 1. The molecule has 0 fully saturated rings. The van der Waals surface area contributed by atoms with Gasteiger partial charge in [-0.15, -0.1) is 11.3 Å².